The molecule has 0 aliphatic rings. The van der Waals surface area contributed by atoms with Crippen molar-refractivity contribution in [2.45, 2.75) is 39.1 Å². The van der Waals surface area contributed by atoms with Crippen LogP contribution in [0.2, 0.25) is 5.02 Å². The van der Waals surface area contributed by atoms with Crippen LogP contribution >= 0.6 is 11.6 Å². The molecule has 2 N–H and O–H groups in total. The number of carbonyl (C=O) groups is 2. The van der Waals surface area contributed by atoms with Gasteiger partial charge < -0.3 is 14.6 Å². The van der Waals surface area contributed by atoms with Gasteiger partial charge in [-0.2, -0.15) is 0 Å². The largest absolute Gasteiger partial charge is 0.479 e. The molecule has 0 saturated heterocycles. The lowest BCUT2D eigenvalue weighted by molar-refractivity contribution is -0.153. The van der Waals surface area contributed by atoms with Crippen LogP contribution in [0.4, 0.5) is 10.5 Å². The highest BCUT2D eigenvalue weighted by atomic mass is 35.5. The highest BCUT2D eigenvalue weighted by Gasteiger charge is 2.20. The van der Waals surface area contributed by atoms with Gasteiger partial charge in [-0.1, -0.05) is 35.9 Å². The van der Waals surface area contributed by atoms with Gasteiger partial charge >= 0.3 is 12.1 Å². The van der Waals surface area contributed by atoms with Crippen molar-refractivity contribution in [2.24, 2.45) is 0 Å². The molecule has 0 saturated carbocycles. The fourth-order valence-electron chi connectivity index (χ4n) is 2.42. The molecule has 1 amide bonds. The van der Waals surface area contributed by atoms with Crippen molar-refractivity contribution in [1.29, 1.82) is 0 Å². The van der Waals surface area contributed by atoms with Crippen LogP contribution in [0.3, 0.4) is 0 Å². The second-order valence-electron chi connectivity index (χ2n) is 6.24. The predicted molar refractivity (Wildman–Crippen MR) is 103 cm³/mol. The number of anilines is 1. The van der Waals surface area contributed by atoms with E-state index in [1.807, 2.05) is 6.07 Å². The predicted octanol–water partition coefficient (Wildman–Crippen LogP) is 4.51. The Balaban J connectivity index is 1.91. The van der Waals surface area contributed by atoms with E-state index in [-0.39, 0.29) is 19.1 Å². The summed E-state index contributed by atoms with van der Waals surface area (Å²) in [7, 11) is 0. The van der Waals surface area contributed by atoms with E-state index in [9.17, 15) is 14.7 Å². The van der Waals surface area contributed by atoms with Crippen molar-refractivity contribution in [1.82, 2.24) is 0 Å². The van der Waals surface area contributed by atoms with E-state index in [0.717, 1.165) is 11.1 Å². The maximum Gasteiger partial charge on any atom is 0.411 e. The van der Waals surface area contributed by atoms with Crippen LogP contribution in [0.15, 0.2) is 48.5 Å². The number of hydrogen-bond donors (Lipinski definition) is 2. The fraction of sp³-hybridized carbons (Fsp3) is 0.300. The zero-order valence-electron chi connectivity index (χ0n) is 15.1. The molecule has 1 atom stereocenters. The molecule has 0 aliphatic heterocycles. The summed E-state index contributed by atoms with van der Waals surface area (Å²) >= 11 is 5.80. The zero-order valence-corrected chi connectivity index (χ0v) is 15.9. The molecule has 27 heavy (non-hydrogen) atoms. The lowest BCUT2D eigenvalue weighted by Gasteiger charge is -2.17. The average Bonchev–Trinajstić information content (AvgIpc) is 2.61. The van der Waals surface area contributed by atoms with Gasteiger partial charge in [0.2, 0.25) is 0 Å². The minimum absolute atomic E-state index is 0.0655. The SMILES string of the molecule is CC(C)OC(Cc1cccc(COC(=O)Nc2ccc(Cl)cc2)c1)C(=O)O. The summed E-state index contributed by atoms with van der Waals surface area (Å²) in [6.07, 6.45) is -1.46. The summed E-state index contributed by atoms with van der Waals surface area (Å²) < 4.78 is 10.6. The Bertz CT molecular complexity index is 776. The molecule has 2 aromatic carbocycles. The number of amides is 1. The summed E-state index contributed by atoms with van der Waals surface area (Å²) in [4.78, 5) is 23.2. The van der Waals surface area contributed by atoms with Crippen LogP contribution in [0.5, 0.6) is 0 Å². The van der Waals surface area contributed by atoms with Gasteiger partial charge in [0.25, 0.3) is 0 Å². The van der Waals surface area contributed by atoms with Gasteiger partial charge in [0.05, 0.1) is 6.10 Å². The highest BCUT2D eigenvalue weighted by Crippen LogP contribution is 2.15. The number of halogens is 1. The van der Waals surface area contributed by atoms with Gasteiger partial charge in [0.15, 0.2) is 6.10 Å². The van der Waals surface area contributed by atoms with Crippen LogP contribution in [0.25, 0.3) is 0 Å². The Kier molecular flexibility index (Phi) is 7.64. The molecule has 0 aromatic heterocycles. The molecule has 0 spiro atoms. The van der Waals surface area contributed by atoms with Gasteiger partial charge in [-0.15, -0.1) is 0 Å². The second-order valence-corrected chi connectivity index (χ2v) is 6.68. The molecular formula is C20H22ClNO5. The lowest BCUT2D eigenvalue weighted by Crippen LogP contribution is -2.29. The number of rotatable bonds is 8. The first-order chi connectivity index (χ1) is 12.8. The molecule has 0 aliphatic carbocycles. The number of benzene rings is 2. The molecule has 6 nitrogen and oxygen atoms in total. The Morgan fingerprint density at radius 3 is 2.41 bits per heavy atom. The van der Waals surface area contributed by atoms with Crippen LogP contribution in [-0.4, -0.2) is 29.4 Å². The van der Waals surface area contributed by atoms with Gasteiger partial charge in [-0.05, 0) is 49.2 Å². The molecule has 0 radical (unpaired) electrons. The van der Waals surface area contributed by atoms with E-state index >= 15 is 0 Å². The first-order valence-electron chi connectivity index (χ1n) is 8.49. The van der Waals surface area contributed by atoms with Crippen LogP contribution in [0, 0.1) is 0 Å². The monoisotopic (exact) mass is 391 g/mol. The number of carbonyl (C=O) groups excluding carboxylic acids is 1. The van der Waals surface area contributed by atoms with Crippen molar-refractivity contribution in [3.05, 3.63) is 64.7 Å². The summed E-state index contributed by atoms with van der Waals surface area (Å²) in [6.45, 7) is 3.65. The quantitative estimate of drug-likeness (QED) is 0.691. The fourth-order valence-corrected chi connectivity index (χ4v) is 2.54. The Morgan fingerprint density at radius 1 is 1.11 bits per heavy atom. The Hall–Kier alpha value is -2.57. The number of carboxylic acids is 1. The standard InChI is InChI=1S/C20H22ClNO5/c1-13(2)27-18(19(23)24)11-14-4-3-5-15(10-14)12-26-20(25)22-17-8-6-16(21)7-9-17/h3-10,13,18H,11-12H2,1-2H3,(H,22,25)(H,23,24). The van der Waals surface area contributed by atoms with E-state index in [4.69, 9.17) is 21.1 Å². The number of nitrogens with one attached hydrogen (secondary N) is 1. The van der Waals surface area contributed by atoms with Crippen molar-refractivity contribution in [3.8, 4) is 0 Å². The van der Waals surface area contributed by atoms with Gasteiger partial charge in [0, 0.05) is 17.1 Å². The van der Waals surface area contributed by atoms with Gasteiger partial charge in [0.1, 0.15) is 6.61 Å². The summed E-state index contributed by atoms with van der Waals surface area (Å²) in [5.41, 5.74) is 2.13. The maximum atomic E-state index is 11.9. The number of aliphatic carboxylic acids is 1. The van der Waals surface area contributed by atoms with Gasteiger partial charge in [-0.25, -0.2) is 9.59 Å². The van der Waals surface area contributed by atoms with Crippen LogP contribution in [0.1, 0.15) is 25.0 Å². The third kappa shape index (κ3) is 7.29. The molecular weight excluding hydrogens is 370 g/mol. The van der Waals surface area contributed by atoms with Crippen molar-refractivity contribution in [2.75, 3.05) is 5.32 Å². The van der Waals surface area contributed by atoms with Crippen molar-refractivity contribution in [3.63, 3.8) is 0 Å². The summed E-state index contributed by atoms with van der Waals surface area (Å²) in [5, 5.41) is 12.5. The third-order valence-electron chi connectivity index (χ3n) is 3.58. The average molecular weight is 392 g/mol. The number of hydrogen-bond acceptors (Lipinski definition) is 4. The molecule has 144 valence electrons. The number of carboxylic acid groups (broad SMARTS) is 1. The Morgan fingerprint density at radius 2 is 1.78 bits per heavy atom. The van der Waals surface area contributed by atoms with E-state index in [2.05, 4.69) is 5.32 Å². The summed E-state index contributed by atoms with van der Waals surface area (Å²) in [6, 6.07) is 13.9. The van der Waals surface area contributed by atoms with E-state index in [1.54, 1.807) is 56.3 Å². The molecule has 2 aromatic rings. The Labute approximate surface area is 163 Å². The second kappa shape index (κ2) is 9.94. The molecule has 7 heteroatoms. The normalized spacial score (nSPS) is 11.9. The van der Waals surface area contributed by atoms with E-state index < -0.39 is 18.2 Å². The van der Waals surface area contributed by atoms with E-state index in [0.29, 0.717) is 10.7 Å². The van der Waals surface area contributed by atoms with Crippen LogP contribution in [-0.2, 0) is 27.3 Å². The maximum absolute atomic E-state index is 11.9. The molecule has 1 unspecified atom stereocenters. The molecule has 0 bridgehead atoms. The smallest absolute Gasteiger partial charge is 0.411 e. The molecule has 2 rings (SSSR count). The first kappa shape index (κ1) is 20.7. The zero-order chi connectivity index (χ0) is 19.8. The number of ether oxygens (including phenoxy) is 2. The van der Waals surface area contributed by atoms with E-state index in [1.165, 1.54) is 0 Å². The molecule has 0 fully saturated rings. The van der Waals surface area contributed by atoms with Crippen LogP contribution < -0.4 is 5.32 Å². The van der Waals surface area contributed by atoms with Crippen molar-refractivity contribution < 1.29 is 24.2 Å². The highest BCUT2D eigenvalue weighted by molar-refractivity contribution is 6.30. The topological polar surface area (TPSA) is 84.9 Å². The summed E-state index contributed by atoms with van der Waals surface area (Å²) in [5.74, 6) is -1.01. The molecule has 0 heterocycles. The minimum atomic E-state index is -1.01. The van der Waals surface area contributed by atoms with Gasteiger partial charge in [-0.3, -0.25) is 5.32 Å². The first-order valence-corrected chi connectivity index (χ1v) is 8.86. The van der Waals surface area contributed by atoms with Crippen molar-refractivity contribution >= 4 is 29.4 Å². The third-order valence-corrected chi connectivity index (χ3v) is 3.84. The minimum Gasteiger partial charge on any atom is -0.479 e. The lowest BCUT2D eigenvalue weighted by atomic mass is 10.0.